The van der Waals surface area contributed by atoms with Crippen LogP contribution in [0.3, 0.4) is 0 Å². The number of ether oxygens (including phenoxy) is 1. The quantitative estimate of drug-likeness (QED) is 0.394. The van der Waals surface area contributed by atoms with Crippen molar-refractivity contribution in [2.24, 2.45) is 0 Å². The third-order valence-electron chi connectivity index (χ3n) is 5.02. The Bertz CT molecular complexity index is 1090. The molecular weight excluding hydrogens is 394 g/mol. The van der Waals surface area contributed by atoms with E-state index in [1.54, 1.807) is 11.3 Å². The van der Waals surface area contributed by atoms with Crippen molar-refractivity contribution in [3.8, 4) is 5.75 Å². The first-order chi connectivity index (χ1) is 14.7. The lowest BCUT2D eigenvalue weighted by Gasteiger charge is -2.28. The highest BCUT2D eigenvalue weighted by molar-refractivity contribution is 7.10. The molecule has 0 spiro atoms. The second kappa shape index (κ2) is 9.46. The van der Waals surface area contributed by atoms with Gasteiger partial charge >= 0.3 is 0 Å². The van der Waals surface area contributed by atoms with Crippen LogP contribution in [0.4, 0.5) is 4.79 Å². The fourth-order valence-corrected chi connectivity index (χ4v) is 4.29. The fourth-order valence-electron chi connectivity index (χ4n) is 3.50. The van der Waals surface area contributed by atoms with Crippen LogP contribution in [0.25, 0.3) is 10.8 Å². The minimum Gasteiger partial charge on any atom is -0.530 e. The first kappa shape index (κ1) is 20.0. The number of hydrogen-bond acceptors (Lipinski definition) is 4. The van der Waals surface area contributed by atoms with Crippen LogP contribution in [0.2, 0.25) is 0 Å². The number of carboxylic acid groups (broad SMARTS) is 1. The molecule has 1 heterocycles. The van der Waals surface area contributed by atoms with E-state index in [9.17, 15) is 9.90 Å². The number of carbonyl (C=O) groups is 1. The lowest BCUT2D eigenvalue weighted by atomic mass is 10.1. The molecule has 0 aliphatic carbocycles. The summed E-state index contributed by atoms with van der Waals surface area (Å²) in [5.41, 5.74) is 0.935. The molecule has 0 N–H and O–H groups in total. The Morgan fingerprint density at radius 3 is 2.47 bits per heavy atom. The molecule has 1 atom stereocenters. The number of carbonyl (C=O) groups excluding carboxylic acids is 1. The number of hydrogen-bond donors (Lipinski definition) is 0. The van der Waals surface area contributed by atoms with Gasteiger partial charge in [-0.05, 0) is 28.5 Å². The second-order valence-electron chi connectivity index (χ2n) is 7.06. The number of fused-ring (bicyclic) bond motifs is 1. The van der Waals surface area contributed by atoms with Gasteiger partial charge in [0.05, 0.1) is 0 Å². The largest absolute Gasteiger partial charge is 0.530 e. The van der Waals surface area contributed by atoms with Crippen LogP contribution in [0.15, 0.2) is 90.3 Å². The Labute approximate surface area is 180 Å². The Morgan fingerprint density at radius 1 is 0.933 bits per heavy atom. The molecular formula is C25H22NO3S-. The molecule has 4 aromatic rings. The zero-order valence-corrected chi connectivity index (χ0v) is 17.3. The normalized spacial score (nSPS) is 11.9. The van der Waals surface area contributed by atoms with Gasteiger partial charge in [0.25, 0.3) is 0 Å². The summed E-state index contributed by atoms with van der Waals surface area (Å²) in [6, 6.07) is 27.7. The summed E-state index contributed by atoms with van der Waals surface area (Å²) >= 11 is 1.61. The standard InChI is InChI=1S/C25H23NO3S/c27-25(28)26(18-19-8-2-1-3-9-19)16-15-23(24-14-7-17-30-24)29-22-13-6-11-20-10-4-5-12-21(20)22/h1-14,17,23H,15-16,18H2,(H,27,28)/p-1/t23-/m0/s1. The number of benzene rings is 3. The molecule has 4 rings (SSSR count). The predicted molar refractivity (Wildman–Crippen MR) is 119 cm³/mol. The third kappa shape index (κ3) is 4.81. The maximum atomic E-state index is 11.7. The zero-order valence-electron chi connectivity index (χ0n) is 16.4. The number of thiophene rings is 1. The van der Waals surface area contributed by atoms with E-state index in [1.807, 2.05) is 78.2 Å². The van der Waals surface area contributed by atoms with Gasteiger partial charge in [0, 0.05) is 29.8 Å². The average molecular weight is 417 g/mol. The van der Waals surface area contributed by atoms with E-state index in [0.29, 0.717) is 19.5 Å². The minimum absolute atomic E-state index is 0.242. The molecule has 0 fully saturated rings. The molecule has 0 saturated heterocycles. The first-order valence-electron chi connectivity index (χ1n) is 9.88. The van der Waals surface area contributed by atoms with Gasteiger partial charge in [0.1, 0.15) is 17.9 Å². The Morgan fingerprint density at radius 2 is 1.70 bits per heavy atom. The molecule has 1 aromatic heterocycles. The SMILES string of the molecule is O=C([O-])N(CC[C@H](Oc1cccc2ccccc12)c1cccs1)Cc1ccccc1. The lowest BCUT2D eigenvalue weighted by Crippen LogP contribution is -2.41. The molecule has 0 aliphatic heterocycles. The monoisotopic (exact) mass is 416 g/mol. The minimum atomic E-state index is -1.17. The van der Waals surface area contributed by atoms with Gasteiger partial charge in [-0.15, -0.1) is 11.3 Å². The molecule has 0 aliphatic rings. The van der Waals surface area contributed by atoms with E-state index in [-0.39, 0.29) is 6.10 Å². The number of nitrogens with zero attached hydrogens (tertiary/aromatic N) is 1. The van der Waals surface area contributed by atoms with Crippen LogP contribution in [-0.2, 0) is 6.54 Å². The van der Waals surface area contributed by atoms with Gasteiger partial charge < -0.3 is 19.5 Å². The molecule has 1 amide bonds. The fraction of sp³-hybridized carbons (Fsp3) is 0.160. The first-order valence-corrected chi connectivity index (χ1v) is 10.8. The summed E-state index contributed by atoms with van der Waals surface area (Å²) in [5.74, 6) is 0.801. The van der Waals surface area contributed by atoms with Crippen LogP contribution in [0.1, 0.15) is 23.0 Å². The molecule has 0 unspecified atom stereocenters. The predicted octanol–water partition coefficient (Wildman–Crippen LogP) is 5.26. The molecule has 0 saturated carbocycles. The highest BCUT2D eigenvalue weighted by Crippen LogP contribution is 2.33. The van der Waals surface area contributed by atoms with Gasteiger partial charge in [-0.1, -0.05) is 72.8 Å². The van der Waals surface area contributed by atoms with Crippen molar-refractivity contribution in [2.45, 2.75) is 19.1 Å². The van der Waals surface area contributed by atoms with Gasteiger partial charge in [-0.3, -0.25) is 0 Å². The number of rotatable bonds is 8. The molecule has 4 nitrogen and oxygen atoms in total. The van der Waals surface area contributed by atoms with Crippen molar-refractivity contribution in [2.75, 3.05) is 6.54 Å². The van der Waals surface area contributed by atoms with Crippen molar-refractivity contribution in [1.82, 2.24) is 4.90 Å². The lowest BCUT2D eigenvalue weighted by molar-refractivity contribution is -0.266. The van der Waals surface area contributed by atoms with Crippen molar-refractivity contribution >= 4 is 28.2 Å². The Kier molecular flexibility index (Phi) is 6.30. The van der Waals surface area contributed by atoms with Crippen molar-refractivity contribution in [3.05, 3.63) is 101 Å². The summed E-state index contributed by atoms with van der Waals surface area (Å²) in [4.78, 5) is 14.1. The molecule has 0 bridgehead atoms. The van der Waals surface area contributed by atoms with Gasteiger partial charge in [0.2, 0.25) is 0 Å². The molecule has 3 aromatic carbocycles. The van der Waals surface area contributed by atoms with Gasteiger partial charge in [-0.25, -0.2) is 0 Å². The summed E-state index contributed by atoms with van der Waals surface area (Å²) in [6.07, 6.45) is -0.882. The van der Waals surface area contributed by atoms with E-state index >= 15 is 0 Å². The van der Waals surface area contributed by atoms with Crippen molar-refractivity contribution in [1.29, 1.82) is 0 Å². The Balaban J connectivity index is 1.53. The zero-order chi connectivity index (χ0) is 20.8. The van der Waals surface area contributed by atoms with E-state index in [4.69, 9.17) is 4.74 Å². The summed E-state index contributed by atoms with van der Waals surface area (Å²) in [7, 11) is 0. The van der Waals surface area contributed by atoms with Crippen LogP contribution in [-0.4, -0.2) is 17.5 Å². The highest BCUT2D eigenvalue weighted by Gasteiger charge is 2.18. The van der Waals surface area contributed by atoms with Crippen LogP contribution in [0, 0.1) is 0 Å². The van der Waals surface area contributed by atoms with E-state index in [0.717, 1.165) is 27.0 Å². The van der Waals surface area contributed by atoms with Gasteiger partial charge in [0.15, 0.2) is 0 Å². The number of amides is 1. The maximum Gasteiger partial charge on any atom is 0.137 e. The average Bonchev–Trinajstić information content (AvgIpc) is 3.31. The maximum absolute atomic E-state index is 11.7. The van der Waals surface area contributed by atoms with Crippen LogP contribution in [0.5, 0.6) is 5.75 Å². The molecule has 30 heavy (non-hydrogen) atoms. The summed E-state index contributed by atoms with van der Waals surface area (Å²) in [5, 5.41) is 15.9. The van der Waals surface area contributed by atoms with E-state index in [2.05, 4.69) is 12.1 Å². The second-order valence-corrected chi connectivity index (χ2v) is 8.04. The van der Waals surface area contributed by atoms with Crippen molar-refractivity contribution < 1.29 is 14.6 Å². The van der Waals surface area contributed by atoms with Crippen molar-refractivity contribution in [3.63, 3.8) is 0 Å². The molecule has 5 heteroatoms. The summed E-state index contributed by atoms with van der Waals surface area (Å²) in [6.45, 7) is 0.624. The smallest absolute Gasteiger partial charge is 0.137 e. The Hall–Kier alpha value is -3.31. The van der Waals surface area contributed by atoms with Crippen LogP contribution >= 0.6 is 11.3 Å². The van der Waals surface area contributed by atoms with Gasteiger partial charge in [-0.2, -0.15) is 0 Å². The third-order valence-corrected chi connectivity index (χ3v) is 5.98. The van der Waals surface area contributed by atoms with E-state index < -0.39 is 6.09 Å². The highest BCUT2D eigenvalue weighted by atomic mass is 32.1. The molecule has 0 radical (unpaired) electrons. The topological polar surface area (TPSA) is 52.6 Å². The van der Waals surface area contributed by atoms with E-state index in [1.165, 1.54) is 4.90 Å². The molecule has 152 valence electrons. The summed E-state index contributed by atoms with van der Waals surface area (Å²) < 4.78 is 6.42. The van der Waals surface area contributed by atoms with Crippen LogP contribution < -0.4 is 9.84 Å².